The summed E-state index contributed by atoms with van der Waals surface area (Å²) in [6.07, 6.45) is 0.161. The van der Waals surface area contributed by atoms with Crippen molar-refractivity contribution in [2.45, 2.75) is 19.9 Å². The molecule has 4 nitrogen and oxygen atoms in total. The molecule has 0 saturated carbocycles. The van der Waals surface area contributed by atoms with Gasteiger partial charge in [0.15, 0.2) is 0 Å². The van der Waals surface area contributed by atoms with Crippen molar-refractivity contribution in [2.24, 2.45) is 0 Å². The van der Waals surface area contributed by atoms with Gasteiger partial charge >= 0.3 is 0 Å². The molecule has 0 saturated heterocycles. The fraction of sp³-hybridized carbons (Fsp3) is 0.188. The Kier molecular flexibility index (Phi) is 4.25. The van der Waals surface area contributed by atoms with Crippen molar-refractivity contribution in [3.8, 4) is 5.75 Å². The SMILES string of the molecule is Cc1c(N)cccc1CNC(=O)Cc1ccccc1O. The number of aromatic hydroxyl groups is 1. The maximum absolute atomic E-state index is 11.9. The summed E-state index contributed by atoms with van der Waals surface area (Å²) in [4.78, 5) is 11.9. The maximum Gasteiger partial charge on any atom is 0.224 e. The van der Waals surface area contributed by atoms with E-state index in [-0.39, 0.29) is 18.1 Å². The van der Waals surface area contributed by atoms with Crippen molar-refractivity contribution in [1.29, 1.82) is 0 Å². The van der Waals surface area contributed by atoms with Gasteiger partial charge in [-0.1, -0.05) is 30.3 Å². The number of hydrogen-bond donors (Lipinski definition) is 3. The standard InChI is InChI=1S/C16H18N2O2/c1-11-13(6-4-7-14(11)17)10-18-16(20)9-12-5-2-3-8-15(12)19/h2-8,19H,9-10,17H2,1H3,(H,18,20). The van der Waals surface area contributed by atoms with E-state index in [1.54, 1.807) is 24.3 Å². The van der Waals surface area contributed by atoms with Gasteiger partial charge in [0, 0.05) is 17.8 Å². The van der Waals surface area contributed by atoms with Crippen LogP contribution in [0.2, 0.25) is 0 Å². The van der Waals surface area contributed by atoms with Crippen LogP contribution in [0.1, 0.15) is 16.7 Å². The molecular formula is C16H18N2O2. The molecule has 0 aliphatic heterocycles. The third kappa shape index (κ3) is 3.29. The minimum absolute atomic E-state index is 0.131. The van der Waals surface area contributed by atoms with E-state index in [1.807, 2.05) is 25.1 Å². The van der Waals surface area contributed by atoms with Crippen molar-refractivity contribution >= 4 is 11.6 Å². The molecule has 2 aromatic carbocycles. The predicted molar refractivity (Wildman–Crippen MR) is 79.2 cm³/mol. The van der Waals surface area contributed by atoms with Gasteiger partial charge in [-0.2, -0.15) is 0 Å². The van der Waals surface area contributed by atoms with E-state index < -0.39 is 0 Å². The van der Waals surface area contributed by atoms with E-state index in [2.05, 4.69) is 5.32 Å². The highest BCUT2D eigenvalue weighted by Crippen LogP contribution is 2.17. The molecule has 1 amide bonds. The Bertz CT molecular complexity index is 624. The minimum Gasteiger partial charge on any atom is -0.508 e. The van der Waals surface area contributed by atoms with Crippen molar-refractivity contribution in [1.82, 2.24) is 5.32 Å². The molecule has 0 unspecified atom stereocenters. The summed E-state index contributed by atoms with van der Waals surface area (Å²) in [7, 11) is 0. The first-order chi connectivity index (χ1) is 9.58. The third-order valence-electron chi connectivity index (χ3n) is 3.31. The van der Waals surface area contributed by atoms with E-state index >= 15 is 0 Å². The van der Waals surface area contributed by atoms with Crippen molar-refractivity contribution in [3.05, 3.63) is 59.2 Å². The zero-order chi connectivity index (χ0) is 14.5. The minimum atomic E-state index is -0.131. The van der Waals surface area contributed by atoms with Gasteiger partial charge in [-0.05, 0) is 30.2 Å². The Hall–Kier alpha value is -2.49. The number of benzene rings is 2. The van der Waals surface area contributed by atoms with Crippen LogP contribution in [0, 0.1) is 6.92 Å². The molecular weight excluding hydrogens is 252 g/mol. The smallest absolute Gasteiger partial charge is 0.224 e. The van der Waals surface area contributed by atoms with Gasteiger partial charge in [0.05, 0.1) is 6.42 Å². The number of carbonyl (C=O) groups is 1. The fourth-order valence-corrected chi connectivity index (χ4v) is 1.98. The second kappa shape index (κ2) is 6.10. The van der Waals surface area contributed by atoms with Crippen LogP contribution in [0.25, 0.3) is 0 Å². The van der Waals surface area contributed by atoms with Crippen molar-refractivity contribution in [3.63, 3.8) is 0 Å². The average molecular weight is 270 g/mol. The number of nitrogens with one attached hydrogen (secondary N) is 1. The highest BCUT2D eigenvalue weighted by atomic mass is 16.3. The molecule has 0 spiro atoms. The molecule has 0 bridgehead atoms. The number of phenols is 1. The Labute approximate surface area is 118 Å². The van der Waals surface area contributed by atoms with Gasteiger partial charge in [-0.15, -0.1) is 0 Å². The lowest BCUT2D eigenvalue weighted by molar-refractivity contribution is -0.120. The number of carbonyl (C=O) groups excluding carboxylic acids is 1. The van der Waals surface area contributed by atoms with E-state index in [0.29, 0.717) is 12.1 Å². The molecule has 2 aromatic rings. The first-order valence-corrected chi connectivity index (χ1v) is 6.45. The molecule has 2 rings (SSSR count). The van der Waals surface area contributed by atoms with Crippen LogP contribution in [0.3, 0.4) is 0 Å². The Morgan fingerprint density at radius 2 is 1.85 bits per heavy atom. The van der Waals surface area contributed by atoms with Gasteiger partial charge in [0.2, 0.25) is 5.91 Å². The molecule has 0 atom stereocenters. The van der Waals surface area contributed by atoms with E-state index in [4.69, 9.17) is 5.73 Å². The Morgan fingerprint density at radius 1 is 1.15 bits per heavy atom. The van der Waals surface area contributed by atoms with Crippen LogP contribution in [-0.2, 0) is 17.8 Å². The number of anilines is 1. The molecule has 0 aliphatic rings. The number of hydrogen-bond acceptors (Lipinski definition) is 3. The molecule has 4 heteroatoms. The number of amides is 1. The number of nitrogens with two attached hydrogens (primary N) is 1. The van der Waals surface area contributed by atoms with Crippen LogP contribution < -0.4 is 11.1 Å². The Balaban J connectivity index is 1.96. The summed E-state index contributed by atoms with van der Waals surface area (Å²) in [6.45, 7) is 2.36. The summed E-state index contributed by atoms with van der Waals surface area (Å²) < 4.78 is 0. The van der Waals surface area contributed by atoms with E-state index in [1.165, 1.54) is 0 Å². The molecule has 0 radical (unpaired) electrons. The molecule has 0 aromatic heterocycles. The number of rotatable bonds is 4. The highest BCUT2D eigenvalue weighted by Gasteiger charge is 2.08. The van der Waals surface area contributed by atoms with Crippen molar-refractivity contribution < 1.29 is 9.90 Å². The molecule has 0 fully saturated rings. The predicted octanol–water partition coefficient (Wildman–Crippen LogP) is 2.14. The first-order valence-electron chi connectivity index (χ1n) is 6.45. The molecule has 104 valence electrons. The zero-order valence-electron chi connectivity index (χ0n) is 11.4. The molecule has 20 heavy (non-hydrogen) atoms. The van der Waals surface area contributed by atoms with Crippen molar-refractivity contribution in [2.75, 3.05) is 5.73 Å². The summed E-state index contributed by atoms with van der Waals surface area (Å²) >= 11 is 0. The molecule has 0 aliphatic carbocycles. The normalized spacial score (nSPS) is 10.2. The molecule has 4 N–H and O–H groups in total. The lowest BCUT2D eigenvalue weighted by Crippen LogP contribution is -2.25. The van der Waals surface area contributed by atoms with Crippen LogP contribution in [0.15, 0.2) is 42.5 Å². The lowest BCUT2D eigenvalue weighted by atomic mass is 10.1. The zero-order valence-corrected chi connectivity index (χ0v) is 11.4. The highest BCUT2D eigenvalue weighted by molar-refractivity contribution is 5.79. The summed E-state index contributed by atoms with van der Waals surface area (Å²) in [5, 5.41) is 12.5. The summed E-state index contributed by atoms with van der Waals surface area (Å²) in [5.41, 5.74) is 9.14. The topological polar surface area (TPSA) is 75.3 Å². The van der Waals surface area contributed by atoms with E-state index in [9.17, 15) is 9.90 Å². The summed E-state index contributed by atoms with van der Waals surface area (Å²) in [5.74, 6) is 0.0103. The van der Waals surface area contributed by atoms with Crippen LogP contribution in [0.4, 0.5) is 5.69 Å². The Morgan fingerprint density at radius 3 is 2.60 bits per heavy atom. The maximum atomic E-state index is 11.9. The van der Waals surface area contributed by atoms with Gasteiger partial charge in [0.1, 0.15) is 5.75 Å². The largest absolute Gasteiger partial charge is 0.508 e. The van der Waals surface area contributed by atoms with Crippen LogP contribution >= 0.6 is 0 Å². The first kappa shape index (κ1) is 13.9. The fourth-order valence-electron chi connectivity index (χ4n) is 1.98. The van der Waals surface area contributed by atoms with Crippen LogP contribution in [-0.4, -0.2) is 11.0 Å². The van der Waals surface area contributed by atoms with Gasteiger partial charge < -0.3 is 16.2 Å². The quantitative estimate of drug-likeness (QED) is 0.745. The third-order valence-corrected chi connectivity index (χ3v) is 3.31. The van der Waals surface area contributed by atoms with Crippen LogP contribution in [0.5, 0.6) is 5.75 Å². The lowest BCUT2D eigenvalue weighted by Gasteiger charge is -2.10. The number of phenolic OH excluding ortho intramolecular Hbond substituents is 1. The van der Waals surface area contributed by atoms with Gasteiger partial charge in [0.25, 0.3) is 0 Å². The van der Waals surface area contributed by atoms with E-state index in [0.717, 1.165) is 16.8 Å². The second-order valence-electron chi connectivity index (χ2n) is 4.71. The average Bonchev–Trinajstić information content (AvgIpc) is 2.43. The molecule has 0 heterocycles. The monoisotopic (exact) mass is 270 g/mol. The van der Waals surface area contributed by atoms with Gasteiger partial charge in [-0.3, -0.25) is 4.79 Å². The number of para-hydroxylation sites is 1. The van der Waals surface area contributed by atoms with Gasteiger partial charge in [-0.25, -0.2) is 0 Å². The number of nitrogen functional groups attached to an aromatic ring is 1. The summed E-state index contributed by atoms with van der Waals surface area (Å²) in [6, 6.07) is 12.5. The second-order valence-corrected chi connectivity index (χ2v) is 4.71.